The van der Waals surface area contributed by atoms with E-state index in [0.29, 0.717) is 31.6 Å². The van der Waals surface area contributed by atoms with Gasteiger partial charge in [-0.05, 0) is 86.4 Å². The van der Waals surface area contributed by atoms with E-state index in [0.717, 1.165) is 45.2 Å². The second kappa shape index (κ2) is 10.7. The molecule has 1 aliphatic rings. The molecule has 0 atom stereocenters. The zero-order chi connectivity index (χ0) is 27.9. The van der Waals surface area contributed by atoms with E-state index in [1.807, 2.05) is 39.2 Å². The molecule has 11 heteroatoms. The van der Waals surface area contributed by atoms with Crippen molar-refractivity contribution < 1.29 is 14.3 Å². The number of fused-ring (bicyclic) bond motifs is 1. The van der Waals surface area contributed by atoms with Crippen LogP contribution in [0.5, 0.6) is 0 Å². The molecule has 4 rings (SSSR count). The summed E-state index contributed by atoms with van der Waals surface area (Å²) in [5.41, 5.74) is 2.39. The third-order valence-corrected chi connectivity index (χ3v) is 9.24. The SMILES string of the molecule is CC(C)(C)OC(=O)N1CCC(n2cc(-c3cn(COCC[SH](C)(C)(C)C)nc3Cl)c3cc(Br)ncc32)CC1. The molecule has 4 heterocycles. The van der Waals surface area contributed by atoms with Gasteiger partial charge in [0.15, 0.2) is 5.15 Å². The number of pyridine rings is 1. The number of carbonyl (C=O) groups excluding carboxylic acids is 1. The van der Waals surface area contributed by atoms with Crippen LogP contribution in [0, 0.1) is 0 Å². The van der Waals surface area contributed by atoms with Gasteiger partial charge in [-0.15, -0.1) is 0 Å². The van der Waals surface area contributed by atoms with Crippen LogP contribution < -0.4 is 0 Å². The summed E-state index contributed by atoms with van der Waals surface area (Å²) in [7, 11) is -1.61. The topological polar surface area (TPSA) is 74.4 Å². The zero-order valence-electron chi connectivity index (χ0n) is 23.5. The zero-order valence-corrected chi connectivity index (χ0v) is 26.7. The predicted molar refractivity (Wildman–Crippen MR) is 163 cm³/mol. The highest BCUT2D eigenvalue weighted by molar-refractivity contribution is 9.10. The molecule has 0 bridgehead atoms. The van der Waals surface area contributed by atoms with E-state index in [-0.39, 0.29) is 12.1 Å². The van der Waals surface area contributed by atoms with Crippen LogP contribution in [0.3, 0.4) is 0 Å². The number of thiol groups is 1. The quantitative estimate of drug-likeness (QED) is 0.184. The third kappa shape index (κ3) is 7.46. The van der Waals surface area contributed by atoms with Crippen molar-refractivity contribution in [1.29, 1.82) is 0 Å². The first-order chi connectivity index (χ1) is 17.6. The Kier molecular flexibility index (Phi) is 8.21. The Morgan fingerprint density at radius 3 is 2.47 bits per heavy atom. The molecule has 0 unspecified atom stereocenters. The largest absolute Gasteiger partial charge is 0.444 e. The van der Waals surface area contributed by atoms with Crippen LogP contribution in [0.25, 0.3) is 22.0 Å². The number of aromatic nitrogens is 4. The number of nitrogens with zero attached hydrogens (tertiary/aromatic N) is 5. The van der Waals surface area contributed by atoms with Crippen LogP contribution in [-0.4, -0.2) is 86.4 Å². The molecule has 38 heavy (non-hydrogen) atoms. The minimum atomic E-state index is -1.61. The van der Waals surface area contributed by atoms with Gasteiger partial charge in [-0.2, -0.15) is 5.10 Å². The maximum atomic E-state index is 12.5. The second-order valence-electron chi connectivity index (χ2n) is 13.3. The number of piperidine rings is 1. The van der Waals surface area contributed by atoms with Gasteiger partial charge in [-0.25, -0.2) is 14.5 Å². The number of likely N-dealkylation sites (tertiary alicyclic amines) is 1. The Bertz CT molecular complexity index is 1310. The number of ether oxygens (including phenoxy) is 2. The smallest absolute Gasteiger partial charge is 0.410 e. The average molecular weight is 631 g/mol. The van der Waals surface area contributed by atoms with Gasteiger partial charge in [0.1, 0.15) is 16.9 Å². The van der Waals surface area contributed by atoms with Crippen molar-refractivity contribution >= 4 is 53.7 Å². The van der Waals surface area contributed by atoms with E-state index in [1.165, 1.54) is 0 Å². The minimum absolute atomic E-state index is 0.229. The molecule has 0 aliphatic carbocycles. The lowest BCUT2D eigenvalue weighted by Crippen LogP contribution is -2.42. The van der Waals surface area contributed by atoms with Gasteiger partial charge in [-0.1, -0.05) is 11.6 Å². The first kappa shape index (κ1) is 29.2. The van der Waals surface area contributed by atoms with Gasteiger partial charge in [0.25, 0.3) is 0 Å². The number of rotatable bonds is 7. The van der Waals surface area contributed by atoms with Gasteiger partial charge in [0.2, 0.25) is 0 Å². The van der Waals surface area contributed by atoms with Crippen LogP contribution in [0.4, 0.5) is 4.79 Å². The van der Waals surface area contributed by atoms with Crippen LogP contribution in [-0.2, 0) is 16.2 Å². The summed E-state index contributed by atoms with van der Waals surface area (Å²) < 4.78 is 16.3. The van der Waals surface area contributed by atoms with Crippen LogP contribution in [0.15, 0.2) is 29.3 Å². The van der Waals surface area contributed by atoms with Gasteiger partial charge in [-0.3, -0.25) is 9.16 Å². The molecule has 8 nitrogen and oxygen atoms in total. The number of halogens is 2. The van der Waals surface area contributed by atoms with E-state index >= 15 is 0 Å². The van der Waals surface area contributed by atoms with Crippen LogP contribution in [0.2, 0.25) is 5.15 Å². The molecular formula is C27H41BrClN5O3S. The fraction of sp³-hybridized carbons (Fsp3) is 0.593. The number of hydrogen-bond acceptors (Lipinski definition) is 5. The number of amides is 1. The van der Waals surface area contributed by atoms with Gasteiger partial charge in [0.05, 0.1) is 18.3 Å². The van der Waals surface area contributed by atoms with Crippen molar-refractivity contribution in [1.82, 2.24) is 24.2 Å². The highest BCUT2D eigenvalue weighted by Gasteiger charge is 2.29. The van der Waals surface area contributed by atoms with Crippen molar-refractivity contribution in [2.24, 2.45) is 0 Å². The molecule has 0 spiro atoms. The Morgan fingerprint density at radius 2 is 1.84 bits per heavy atom. The minimum Gasteiger partial charge on any atom is -0.444 e. The first-order valence-corrected chi connectivity index (χ1v) is 18.4. The molecule has 1 amide bonds. The maximum absolute atomic E-state index is 12.5. The highest BCUT2D eigenvalue weighted by Crippen LogP contribution is 2.54. The molecule has 1 aliphatic heterocycles. The molecule has 0 N–H and O–H groups in total. The lowest BCUT2D eigenvalue weighted by atomic mass is 10.1. The van der Waals surface area contributed by atoms with E-state index in [9.17, 15) is 4.79 Å². The van der Waals surface area contributed by atoms with Crippen molar-refractivity contribution in [2.45, 2.75) is 52.0 Å². The highest BCUT2D eigenvalue weighted by atomic mass is 79.9. The summed E-state index contributed by atoms with van der Waals surface area (Å²) in [5, 5.41) is 6.01. The summed E-state index contributed by atoms with van der Waals surface area (Å²) in [6, 6.07) is 2.25. The Labute approximate surface area is 239 Å². The Morgan fingerprint density at radius 1 is 1.16 bits per heavy atom. The lowest BCUT2D eigenvalue weighted by Gasteiger charge is -2.46. The van der Waals surface area contributed by atoms with E-state index in [1.54, 1.807) is 9.58 Å². The van der Waals surface area contributed by atoms with E-state index in [4.69, 9.17) is 21.1 Å². The number of hydrogen-bond donors (Lipinski definition) is 1. The summed E-state index contributed by atoms with van der Waals surface area (Å²) in [6.07, 6.45) is 16.8. The first-order valence-electron chi connectivity index (χ1n) is 13.0. The second-order valence-corrected chi connectivity index (χ2v) is 22.8. The fourth-order valence-corrected chi connectivity index (χ4v) is 5.96. The predicted octanol–water partition coefficient (Wildman–Crippen LogP) is 6.45. The van der Waals surface area contributed by atoms with Gasteiger partial charge < -0.3 is 18.9 Å². The van der Waals surface area contributed by atoms with Crippen LogP contribution in [0.1, 0.15) is 39.7 Å². The summed E-state index contributed by atoms with van der Waals surface area (Å²) >= 11 is 10.2. The monoisotopic (exact) mass is 629 g/mol. The third-order valence-electron chi connectivity index (χ3n) is 6.56. The normalized spacial score (nSPS) is 16.6. The molecule has 0 aromatic carbocycles. The standard InChI is InChI=1S/C27H41BrClN5O3S/c1-27(2,3)37-26(35)32-10-8-19(9-11-32)34-17-21(20-14-24(28)30-15-23(20)34)22-16-33(31-25(22)29)18-36-12-13-38(4,5,6)7/h14-17,19,38H,8-13,18H2,1-7H3. The van der Waals surface area contributed by atoms with Crippen molar-refractivity contribution in [2.75, 3.05) is 50.5 Å². The van der Waals surface area contributed by atoms with Crippen molar-refractivity contribution in [3.05, 3.63) is 34.4 Å². The Balaban J connectivity index is 1.53. The summed E-state index contributed by atoms with van der Waals surface area (Å²) in [5.74, 6) is 1.06. The number of carbonyl (C=O) groups is 1. The molecule has 0 radical (unpaired) electrons. The summed E-state index contributed by atoms with van der Waals surface area (Å²) in [4.78, 5) is 18.8. The van der Waals surface area contributed by atoms with E-state index in [2.05, 4.69) is 61.8 Å². The van der Waals surface area contributed by atoms with Crippen molar-refractivity contribution in [3.8, 4) is 11.1 Å². The molecule has 3 aromatic heterocycles. The van der Waals surface area contributed by atoms with Crippen molar-refractivity contribution in [3.63, 3.8) is 0 Å². The lowest BCUT2D eigenvalue weighted by molar-refractivity contribution is 0.0189. The maximum Gasteiger partial charge on any atom is 0.410 e. The molecule has 1 saturated heterocycles. The molecule has 212 valence electrons. The fourth-order valence-electron chi connectivity index (χ4n) is 4.52. The molecule has 3 aromatic rings. The van der Waals surface area contributed by atoms with Gasteiger partial charge in [0, 0.05) is 48.0 Å². The van der Waals surface area contributed by atoms with Crippen LogP contribution >= 0.6 is 36.7 Å². The van der Waals surface area contributed by atoms with Gasteiger partial charge >= 0.3 is 6.09 Å². The molecule has 1 fully saturated rings. The summed E-state index contributed by atoms with van der Waals surface area (Å²) in [6.45, 7) is 8.02. The molecule has 0 saturated carbocycles. The molecular weight excluding hydrogens is 590 g/mol. The van der Waals surface area contributed by atoms with E-state index < -0.39 is 14.8 Å². The average Bonchev–Trinajstić information content (AvgIpc) is 3.34. The Hall–Kier alpha value is -1.75.